The van der Waals surface area contributed by atoms with Crippen LogP contribution in [0.25, 0.3) is 21.9 Å². The van der Waals surface area contributed by atoms with E-state index in [0.717, 1.165) is 12.3 Å². The van der Waals surface area contributed by atoms with Crippen molar-refractivity contribution < 1.29 is 0 Å². The van der Waals surface area contributed by atoms with Crippen molar-refractivity contribution in [1.82, 2.24) is 0 Å². The zero-order valence-electron chi connectivity index (χ0n) is 32.3. The van der Waals surface area contributed by atoms with Crippen molar-refractivity contribution in [3.05, 3.63) is 142 Å². The zero-order valence-corrected chi connectivity index (χ0v) is 32.3. The van der Waals surface area contributed by atoms with Gasteiger partial charge in [0.15, 0.2) is 0 Å². The van der Waals surface area contributed by atoms with E-state index >= 15 is 0 Å². The molecule has 3 aliphatic rings. The van der Waals surface area contributed by atoms with Crippen molar-refractivity contribution in [2.45, 2.75) is 119 Å². The summed E-state index contributed by atoms with van der Waals surface area (Å²) in [5.74, 6) is 0.737. The molecule has 1 unspecified atom stereocenters. The number of hydrogen-bond donors (Lipinski definition) is 0. The smallest absolute Gasteiger partial charge is 0.0159 e. The minimum absolute atomic E-state index is 0.00666. The Morgan fingerprint density at radius 3 is 1.85 bits per heavy atom. The van der Waals surface area contributed by atoms with Gasteiger partial charge in [0.1, 0.15) is 0 Å². The summed E-state index contributed by atoms with van der Waals surface area (Å²) in [4.78, 5) is 0. The third kappa shape index (κ3) is 6.41. The average Bonchev–Trinajstić information content (AvgIpc) is 3.22. The molecule has 0 aliphatic heterocycles. The summed E-state index contributed by atoms with van der Waals surface area (Å²) in [6.07, 6.45) is 10.9. The molecule has 0 heteroatoms. The van der Waals surface area contributed by atoms with Crippen LogP contribution in [0.1, 0.15) is 134 Å². The Morgan fingerprint density at radius 1 is 0.771 bits per heavy atom. The van der Waals surface area contributed by atoms with Gasteiger partial charge in [-0.05, 0) is 110 Å². The Hall–Kier alpha value is -3.64. The first kappa shape index (κ1) is 35.7. The van der Waals surface area contributed by atoms with E-state index in [0.29, 0.717) is 5.41 Å². The lowest BCUT2D eigenvalue weighted by atomic mass is 9.68. The molecule has 0 radical (unpaired) electrons. The van der Waals surface area contributed by atoms with Crippen LogP contribution in [-0.2, 0) is 22.7 Å². The maximum absolute atomic E-state index is 3.36. The van der Waals surface area contributed by atoms with E-state index in [-0.39, 0.29) is 16.2 Å². The van der Waals surface area contributed by atoms with E-state index in [2.05, 4.69) is 169 Å². The van der Waals surface area contributed by atoms with Gasteiger partial charge in [0.25, 0.3) is 0 Å². The molecule has 0 N–H and O–H groups in total. The van der Waals surface area contributed by atoms with E-state index in [1.165, 1.54) is 78.4 Å². The van der Waals surface area contributed by atoms with E-state index in [1.807, 2.05) is 6.92 Å². The van der Waals surface area contributed by atoms with Gasteiger partial charge < -0.3 is 0 Å². The summed E-state index contributed by atoms with van der Waals surface area (Å²) in [7, 11) is 0. The quantitative estimate of drug-likeness (QED) is 0.192. The fourth-order valence-electron chi connectivity index (χ4n) is 7.93. The molecule has 4 aromatic carbocycles. The van der Waals surface area contributed by atoms with Crippen molar-refractivity contribution in [3.63, 3.8) is 0 Å². The van der Waals surface area contributed by atoms with Crippen LogP contribution in [0.3, 0.4) is 0 Å². The second kappa shape index (κ2) is 12.7. The molecular formula is C48H60. The molecule has 0 nitrogen and oxygen atoms in total. The fraction of sp³-hybridized carbons (Fsp3) is 0.417. The summed E-state index contributed by atoms with van der Waals surface area (Å²) < 4.78 is 0. The summed E-state index contributed by atoms with van der Waals surface area (Å²) in [5, 5.41) is 2.92. The molecule has 0 fully saturated rings. The Balaban J connectivity index is 0.000000271. The molecule has 3 aliphatic carbocycles. The SMILES string of the molecule is C=CC.CC1C=CC(C(C)(C)C)=CC1.Cc1cc2c3c(c1)C(C)(C)c1cccc4c(Cc5ccc(C(C)(C)C)cc5)cc(c-3c14)C2(C)C. The minimum Gasteiger partial charge on any atom is -0.103 e. The van der Waals surface area contributed by atoms with Crippen molar-refractivity contribution in [3.8, 4) is 11.1 Å². The standard InChI is InChI=1S/C34H36.C11H18.C3H6/c1-20-16-26-30-27(17-20)34(7,8)28-19-22(18-21-12-14-23(15-13-21)32(2,3)4)24-10-9-11-25(33(26,5)6)29(24)31(28)30;1-9-5-7-10(8-6-9)11(2,3)4;1-3-2/h9-17,19H,18H2,1-8H3;5,7-9H,6H2,1-4H3;3H,1H2,2H3. The Morgan fingerprint density at radius 2 is 1.33 bits per heavy atom. The van der Waals surface area contributed by atoms with Crippen LogP contribution in [0.15, 0.2) is 97.1 Å². The first-order chi connectivity index (χ1) is 22.3. The third-order valence-corrected chi connectivity index (χ3v) is 10.9. The molecule has 48 heavy (non-hydrogen) atoms. The van der Waals surface area contributed by atoms with Gasteiger partial charge in [-0.3, -0.25) is 0 Å². The summed E-state index contributed by atoms with van der Waals surface area (Å²) in [5.41, 5.74) is 16.6. The van der Waals surface area contributed by atoms with Crippen molar-refractivity contribution >= 4 is 10.8 Å². The van der Waals surface area contributed by atoms with Gasteiger partial charge in [-0.15, -0.1) is 6.58 Å². The molecule has 0 saturated heterocycles. The molecule has 4 aromatic rings. The van der Waals surface area contributed by atoms with E-state index < -0.39 is 0 Å². The topological polar surface area (TPSA) is 0 Å². The van der Waals surface area contributed by atoms with Crippen LogP contribution in [0, 0.1) is 18.3 Å². The Kier molecular flexibility index (Phi) is 9.41. The third-order valence-electron chi connectivity index (χ3n) is 10.9. The van der Waals surface area contributed by atoms with Gasteiger partial charge in [-0.1, -0.05) is 167 Å². The van der Waals surface area contributed by atoms with E-state index in [1.54, 1.807) is 6.08 Å². The number of aryl methyl sites for hydroxylation is 1. The maximum Gasteiger partial charge on any atom is 0.0159 e. The van der Waals surface area contributed by atoms with Crippen molar-refractivity contribution in [1.29, 1.82) is 0 Å². The van der Waals surface area contributed by atoms with Crippen molar-refractivity contribution in [2.24, 2.45) is 11.3 Å². The van der Waals surface area contributed by atoms with Gasteiger partial charge in [0, 0.05) is 10.8 Å². The molecular weight excluding hydrogens is 577 g/mol. The van der Waals surface area contributed by atoms with Crippen LogP contribution in [0.4, 0.5) is 0 Å². The highest BCUT2D eigenvalue weighted by Crippen LogP contribution is 2.60. The summed E-state index contributed by atoms with van der Waals surface area (Å²) in [6, 6.07) is 23.7. The van der Waals surface area contributed by atoms with Gasteiger partial charge >= 0.3 is 0 Å². The average molecular weight is 637 g/mol. The monoisotopic (exact) mass is 636 g/mol. The highest BCUT2D eigenvalue weighted by Gasteiger charge is 2.45. The molecule has 7 rings (SSSR count). The number of benzene rings is 4. The minimum atomic E-state index is -0.00666. The van der Waals surface area contributed by atoms with Crippen LogP contribution in [0.2, 0.25) is 0 Å². The Bertz CT molecular complexity index is 1900. The van der Waals surface area contributed by atoms with Crippen LogP contribution in [0.5, 0.6) is 0 Å². The second-order valence-electron chi connectivity index (χ2n) is 17.7. The Labute approximate surface area is 293 Å². The predicted molar refractivity (Wildman–Crippen MR) is 213 cm³/mol. The van der Waals surface area contributed by atoms with Gasteiger partial charge in [-0.25, -0.2) is 0 Å². The number of rotatable bonds is 2. The highest BCUT2D eigenvalue weighted by atomic mass is 14.5. The van der Waals surface area contributed by atoms with Gasteiger partial charge in [-0.2, -0.15) is 0 Å². The fourth-order valence-corrected chi connectivity index (χ4v) is 7.93. The molecule has 0 spiro atoms. The molecule has 0 aromatic heterocycles. The van der Waals surface area contributed by atoms with Gasteiger partial charge in [0.2, 0.25) is 0 Å². The normalized spacial score (nSPS) is 17.9. The molecule has 0 bridgehead atoms. The van der Waals surface area contributed by atoms with E-state index in [4.69, 9.17) is 0 Å². The largest absolute Gasteiger partial charge is 0.103 e. The van der Waals surface area contributed by atoms with Crippen LogP contribution < -0.4 is 0 Å². The lowest BCUT2D eigenvalue weighted by molar-refractivity contribution is 0.507. The number of allylic oxidation sites excluding steroid dienone is 5. The first-order valence-corrected chi connectivity index (χ1v) is 18.1. The highest BCUT2D eigenvalue weighted by molar-refractivity contribution is 6.09. The molecule has 0 amide bonds. The zero-order chi connectivity index (χ0) is 35.4. The summed E-state index contributed by atoms with van der Waals surface area (Å²) >= 11 is 0. The van der Waals surface area contributed by atoms with E-state index in [9.17, 15) is 0 Å². The molecule has 252 valence electrons. The van der Waals surface area contributed by atoms with Crippen LogP contribution >= 0.6 is 0 Å². The maximum atomic E-state index is 3.36. The number of hydrogen-bond acceptors (Lipinski definition) is 0. The molecule has 0 saturated carbocycles. The first-order valence-electron chi connectivity index (χ1n) is 18.1. The second-order valence-corrected chi connectivity index (χ2v) is 17.7. The molecule has 0 heterocycles. The van der Waals surface area contributed by atoms with Crippen molar-refractivity contribution in [2.75, 3.05) is 0 Å². The van der Waals surface area contributed by atoms with Crippen LogP contribution in [-0.4, -0.2) is 0 Å². The van der Waals surface area contributed by atoms with Gasteiger partial charge in [0.05, 0.1) is 0 Å². The summed E-state index contributed by atoms with van der Waals surface area (Å²) in [6.45, 7) is 33.1. The lowest BCUT2D eigenvalue weighted by Gasteiger charge is -2.35. The lowest BCUT2D eigenvalue weighted by Crippen LogP contribution is -2.24. The molecule has 1 atom stereocenters. The predicted octanol–water partition coefficient (Wildman–Crippen LogP) is 13.7.